The van der Waals surface area contributed by atoms with E-state index in [1.807, 2.05) is 0 Å². The average Bonchev–Trinajstić information content (AvgIpc) is 3.10. The minimum atomic E-state index is -0.667. The Morgan fingerprint density at radius 2 is 1.93 bits per heavy atom. The van der Waals surface area contributed by atoms with E-state index in [-0.39, 0.29) is 33.6 Å². The minimum Gasteiger partial charge on any atom is -0.366 e. The SMILES string of the molecule is NC(=O)c1ccc2c(=O)n3c(CC(=O)c4ccc(Cl)c([N+](=O)[O-])c4)csc3nc2c1. The van der Waals surface area contributed by atoms with Crippen LogP contribution in [0.25, 0.3) is 15.9 Å². The number of primary amides is 1. The van der Waals surface area contributed by atoms with E-state index in [2.05, 4.69) is 4.98 Å². The van der Waals surface area contributed by atoms with Crippen molar-refractivity contribution in [1.82, 2.24) is 9.38 Å². The molecule has 0 aliphatic carbocycles. The molecule has 2 aromatic carbocycles. The third-order valence-electron chi connectivity index (χ3n) is 4.52. The Hall–Kier alpha value is -3.63. The predicted octanol–water partition coefficient (Wildman–Crippen LogP) is 3.00. The molecule has 2 heterocycles. The van der Waals surface area contributed by atoms with Crippen LogP contribution in [-0.4, -0.2) is 26.0 Å². The molecule has 150 valence electrons. The Kier molecular flexibility index (Phi) is 4.80. The number of hydrogen-bond acceptors (Lipinski definition) is 7. The highest BCUT2D eigenvalue weighted by molar-refractivity contribution is 7.15. The molecule has 1 amide bonds. The predicted molar refractivity (Wildman–Crippen MR) is 112 cm³/mol. The van der Waals surface area contributed by atoms with Crippen molar-refractivity contribution >= 4 is 56.2 Å². The fraction of sp³-hybridized carbons (Fsp3) is 0.0526. The molecule has 4 rings (SSSR count). The molecule has 0 unspecified atom stereocenters. The monoisotopic (exact) mass is 442 g/mol. The van der Waals surface area contributed by atoms with Gasteiger partial charge in [0.1, 0.15) is 5.02 Å². The van der Waals surface area contributed by atoms with Gasteiger partial charge < -0.3 is 5.73 Å². The molecule has 4 aromatic rings. The summed E-state index contributed by atoms with van der Waals surface area (Å²) in [6, 6.07) is 8.13. The van der Waals surface area contributed by atoms with E-state index in [0.717, 1.165) is 17.4 Å². The number of hydrogen-bond donors (Lipinski definition) is 1. The number of Topliss-reactive ketones (excluding diaryl/α,β-unsaturated/α-hetero) is 1. The van der Waals surface area contributed by atoms with Crippen molar-refractivity contribution in [3.8, 4) is 0 Å². The second-order valence-corrected chi connectivity index (χ2v) is 7.63. The first-order valence-corrected chi connectivity index (χ1v) is 9.72. The number of rotatable bonds is 5. The largest absolute Gasteiger partial charge is 0.366 e. The zero-order chi connectivity index (χ0) is 21.6. The number of carbonyl (C=O) groups excluding carboxylic acids is 2. The van der Waals surface area contributed by atoms with Gasteiger partial charge in [0.15, 0.2) is 10.7 Å². The molecule has 0 saturated heterocycles. The summed E-state index contributed by atoms with van der Waals surface area (Å²) in [4.78, 5) is 52.1. The molecule has 0 spiro atoms. The second-order valence-electron chi connectivity index (χ2n) is 6.38. The molecule has 0 saturated carbocycles. The summed E-state index contributed by atoms with van der Waals surface area (Å²) in [5.74, 6) is -1.04. The Morgan fingerprint density at radius 1 is 1.20 bits per heavy atom. The summed E-state index contributed by atoms with van der Waals surface area (Å²) < 4.78 is 1.32. The van der Waals surface area contributed by atoms with E-state index in [0.29, 0.717) is 16.2 Å². The van der Waals surface area contributed by atoms with Crippen LogP contribution < -0.4 is 11.3 Å². The van der Waals surface area contributed by atoms with Gasteiger partial charge in [-0.15, -0.1) is 11.3 Å². The first-order chi connectivity index (χ1) is 14.3. The Balaban J connectivity index is 1.77. The summed E-state index contributed by atoms with van der Waals surface area (Å²) >= 11 is 6.95. The number of aromatic nitrogens is 2. The maximum Gasteiger partial charge on any atom is 0.288 e. The number of benzene rings is 2. The maximum atomic E-state index is 13.0. The molecule has 0 aliphatic rings. The number of amides is 1. The van der Waals surface area contributed by atoms with Crippen molar-refractivity contribution < 1.29 is 14.5 Å². The number of nitrogens with two attached hydrogens (primary N) is 1. The molecule has 2 aromatic heterocycles. The maximum absolute atomic E-state index is 13.0. The molecule has 0 aliphatic heterocycles. The average molecular weight is 443 g/mol. The minimum absolute atomic E-state index is 0.0697. The van der Waals surface area contributed by atoms with Crippen LogP contribution in [0.3, 0.4) is 0 Å². The van der Waals surface area contributed by atoms with Crippen LogP contribution in [0.4, 0.5) is 5.69 Å². The van der Waals surface area contributed by atoms with Crippen molar-refractivity contribution in [2.75, 3.05) is 0 Å². The molecule has 0 atom stereocenters. The number of nitrogens with zero attached hydrogens (tertiary/aromatic N) is 3. The summed E-state index contributed by atoms with van der Waals surface area (Å²) in [5.41, 5.74) is 5.58. The summed E-state index contributed by atoms with van der Waals surface area (Å²) in [7, 11) is 0. The number of carbonyl (C=O) groups is 2. The van der Waals surface area contributed by atoms with Gasteiger partial charge in [-0.1, -0.05) is 11.6 Å². The van der Waals surface area contributed by atoms with E-state index in [4.69, 9.17) is 17.3 Å². The van der Waals surface area contributed by atoms with Crippen LogP contribution in [0.1, 0.15) is 26.4 Å². The molecule has 11 heteroatoms. The molecule has 9 nitrogen and oxygen atoms in total. The molecular formula is C19H11ClN4O5S. The van der Waals surface area contributed by atoms with Crippen molar-refractivity contribution in [2.24, 2.45) is 5.73 Å². The number of nitro groups is 1. The van der Waals surface area contributed by atoms with Gasteiger partial charge in [-0.05, 0) is 30.3 Å². The molecule has 0 radical (unpaired) electrons. The lowest BCUT2D eigenvalue weighted by Crippen LogP contribution is -2.19. The zero-order valence-electron chi connectivity index (χ0n) is 15.0. The second kappa shape index (κ2) is 7.32. The van der Waals surface area contributed by atoms with Gasteiger partial charge in [-0.3, -0.25) is 28.9 Å². The normalized spacial score (nSPS) is 11.1. The number of fused-ring (bicyclic) bond motifs is 2. The van der Waals surface area contributed by atoms with Crippen LogP contribution in [0, 0.1) is 10.1 Å². The molecule has 0 fully saturated rings. The lowest BCUT2D eigenvalue weighted by Gasteiger charge is -2.05. The van der Waals surface area contributed by atoms with Crippen molar-refractivity contribution in [2.45, 2.75) is 6.42 Å². The van der Waals surface area contributed by atoms with E-state index in [1.54, 1.807) is 5.38 Å². The van der Waals surface area contributed by atoms with E-state index in [1.165, 1.54) is 34.7 Å². The summed E-state index contributed by atoms with van der Waals surface area (Å²) in [6.07, 6.45) is -0.161. The van der Waals surface area contributed by atoms with Gasteiger partial charge in [0.05, 0.1) is 22.2 Å². The van der Waals surface area contributed by atoms with Crippen molar-refractivity contribution in [3.05, 3.63) is 84.1 Å². The fourth-order valence-electron chi connectivity index (χ4n) is 3.04. The highest BCUT2D eigenvalue weighted by atomic mass is 35.5. The molecule has 30 heavy (non-hydrogen) atoms. The lowest BCUT2D eigenvalue weighted by molar-refractivity contribution is -0.384. The Labute approximate surface area is 176 Å². The van der Waals surface area contributed by atoms with Gasteiger partial charge in [0, 0.05) is 28.3 Å². The van der Waals surface area contributed by atoms with Gasteiger partial charge in [-0.25, -0.2) is 4.98 Å². The highest BCUT2D eigenvalue weighted by Gasteiger charge is 2.19. The third-order valence-corrected chi connectivity index (χ3v) is 5.71. The summed E-state index contributed by atoms with van der Waals surface area (Å²) in [6.45, 7) is 0. The first-order valence-electron chi connectivity index (χ1n) is 8.46. The molecule has 2 N–H and O–H groups in total. The van der Waals surface area contributed by atoms with Crippen LogP contribution in [0.15, 0.2) is 46.6 Å². The number of halogens is 1. The smallest absolute Gasteiger partial charge is 0.288 e. The Bertz CT molecular complexity index is 1440. The zero-order valence-corrected chi connectivity index (χ0v) is 16.6. The molecular weight excluding hydrogens is 432 g/mol. The van der Waals surface area contributed by atoms with E-state index in [9.17, 15) is 24.5 Å². The van der Waals surface area contributed by atoms with Gasteiger partial charge >= 0.3 is 0 Å². The van der Waals surface area contributed by atoms with Crippen molar-refractivity contribution in [1.29, 1.82) is 0 Å². The lowest BCUT2D eigenvalue weighted by atomic mass is 10.1. The number of ketones is 1. The quantitative estimate of drug-likeness (QED) is 0.286. The van der Waals surface area contributed by atoms with Crippen molar-refractivity contribution in [3.63, 3.8) is 0 Å². The topological polar surface area (TPSA) is 138 Å². The van der Waals surface area contributed by atoms with Gasteiger partial charge in [-0.2, -0.15) is 0 Å². The third kappa shape index (κ3) is 3.31. The van der Waals surface area contributed by atoms with Gasteiger partial charge in [0.25, 0.3) is 11.2 Å². The van der Waals surface area contributed by atoms with E-state index >= 15 is 0 Å². The Morgan fingerprint density at radius 3 is 2.63 bits per heavy atom. The number of nitro benzene ring substituents is 1. The van der Waals surface area contributed by atoms with Crippen LogP contribution in [0.2, 0.25) is 5.02 Å². The fourth-order valence-corrected chi connectivity index (χ4v) is 4.11. The van der Waals surface area contributed by atoms with Crippen LogP contribution in [-0.2, 0) is 6.42 Å². The summed E-state index contributed by atoms with van der Waals surface area (Å²) in [5, 5.41) is 12.9. The van der Waals surface area contributed by atoms with Gasteiger partial charge in [0.2, 0.25) is 5.91 Å². The van der Waals surface area contributed by atoms with E-state index < -0.39 is 22.2 Å². The highest BCUT2D eigenvalue weighted by Crippen LogP contribution is 2.26. The van der Waals surface area contributed by atoms with Crippen LogP contribution in [0.5, 0.6) is 0 Å². The molecule has 0 bridgehead atoms. The number of thiazole rings is 1. The first kappa shape index (κ1) is 19.7. The van der Waals surface area contributed by atoms with Crippen LogP contribution >= 0.6 is 22.9 Å². The standard InChI is InChI=1S/C19H11ClN4O5S/c20-13-4-2-9(6-15(13)24(28)29)16(25)7-11-8-30-19-22-14-5-10(17(21)26)1-3-12(14)18(27)23(11)19/h1-6,8H,7H2,(H2,21,26).